The van der Waals surface area contributed by atoms with E-state index < -0.39 is 0 Å². The molecule has 5 heteroatoms. The molecule has 1 aliphatic rings. The SMILES string of the molecule is CC(C)(C)c1ccc(C(=O)N[C@H]2CC(=O)N(c3ccc(F)cc3)C2)cc1. The summed E-state index contributed by atoms with van der Waals surface area (Å²) in [7, 11) is 0. The zero-order valence-electron chi connectivity index (χ0n) is 15.3. The number of benzene rings is 2. The lowest BCUT2D eigenvalue weighted by Crippen LogP contribution is -2.37. The number of carbonyl (C=O) groups is 2. The number of carbonyl (C=O) groups excluding carboxylic acids is 2. The first-order valence-electron chi connectivity index (χ1n) is 8.71. The Morgan fingerprint density at radius 1 is 1.08 bits per heavy atom. The number of hydrogen-bond acceptors (Lipinski definition) is 2. The molecule has 1 fully saturated rings. The summed E-state index contributed by atoms with van der Waals surface area (Å²) in [5.74, 6) is -0.613. The van der Waals surface area contributed by atoms with Crippen LogP contribution in [0.15, 0.2) is 48.5 Å². The first kappa shape index (κ1) is 18.1. The van der Waals surface area contributed by atoms with Crippen molar-refractivity contribution in [3.05, 3.63) is 65.5 Å². The van der Waals surface area contributed by atoms with Gasteiger partial charge in [-0.05, 0) is 47.4 Å². The Hall–Kier alpha value is -2.69. The molecule has 4 nitrogen and oxygen atoms in total. The lowest BCUT2D eigenvalue weighted by atomic mass is 9.86. The topological polar surface area (TPSA) is 49.4 Å². The van der Waals surface area contributed by atoms with Crippen molar-refractivity contribution in [1.82, 2.24) is 5.32 Å². The predicted octanol–water partition coefficient (Wildman–Crippen LogP) is 3.66. The molecule has 1 heterocycles. The Bertz CT molecular complexity index is 807. The number of halogens is 1. The third-order valence-corrected chi connectivity index (χ3v) is 4.61. The van der Waals surface area contributed by atoms with Crippen molar-refractivity contribution < 1.29 is 14.0 Å². The molecule has 136 valence electrons. The van der Waals surface area contributed by atoms with Crippen LogP contribution in [-0.4, -0.2) is 24.4 Å². The monoisotopic (exact) mass is 354 g/mol. The number of rotatable bonds is 3. The molecule has 26 heavy (non-hydrogen) atoms. The van der Waals surface area contributed by atoms with Gasteiger partial charge >= 0.3 is 0 Å². The summed E-state index contributed by atoms with van der Waals surface area (Å²) < 4.78 is 13.0. The van der Waals surface area contributed by atoms with Crippen LogP contribution in [0.5, 0.6) is 0 Å². The van der Waals surface area contributed by atoms with Crippen LogP contribution in [0.3, 0.4) is 0 Å². The summed E-state index contributed by atoms with van der Waals surface area (Å²) in [6.45, 7) is 6.75. The molecule has 2 aromatic rings. The van der Waals surface area contributed by atoms with Gasteiger partial charge in [0.2, 0.25) is 5.91 Å². The summed E-state index contributed by atoms with van der Waals surface area (Å²) in [6, 6.07) is 13.1. The highest BCUT2D eigenvalue weighted by Gasteiger charge is 2.31. The molecule has 2 amide bonds. The van der Waals surface area contributed by atoms with Crippen LogP contribution in [0.25, 0.3) is 0 Å². The Kier molecular flexibility index (Phi) is 4.81. The molecule has 1 N–H and O–H groups in total. The highest BCUT2D eigenvalue weighted by Crippen LogP contribution is 2.23. The van der Waals surface area contributed by atoms with E-state index in [0.717, 1.165) is 5.56 Å². The van der Waals surface area contributed by atoms with Crippen molar-refractivity contribution >= 4 is 17.5 Å². The van der Waals surface area contributed by atoms with Crippen molar-refractivity contribution in [2.75, 3.05) is 11.4 Å². The zero-order valence-corrected chi connectivity index (χ0v) is 15.3. The van der Waals surface area contributed by atoms with Crippen LogP contribution in [0.1, 0.15) is 43.1 Å². The van der Waals surface area contributed by atoms with E-state index >= 15 is 0 Å². The average Bonchev–Trinajstić information content (AvgIpc) is 2.95. The maximum Gasteiger partial charge on any atom is 0.251 e. The molecule has 0 aromatic heterocycles. The maximum atomic E-state index is 13.0. The smallest absolute Gasteiger partial charge is 0.251 e. The molecule has 0 unspecified atom stereocenters. The molecular weight excluding hydrogens is 331 g/mol. The molecule has 0 bridgehead atoms. The van der Waals surface area contributed by atoms with Gasteiger partial charge < -0.3 is 10.2 Å². The third-order valence-electron chi connectivity index (χ3n) is 4.61. The average molecular weight is 354 g/mol. The van der Waals surface area contributed by atoms with E-state index in [1.807, 2.05) is 24.3 Å². The van der Waals surface area contributed by atoms with Crippen molar-refractivity contribution in [1.29, 1.82) is 0 Å². The van der Waals surface area contributed by atoms with Gasteiger partial charge in [-0.25, -0.2) is 4.39 Å². The number of anilines is 1. The summed E-state index contributed by atoms with van der Waals surface area (Å²) in [5.41, 5.74) is 2.41. The van der Waals surface area contributed by atoms with Gasteiger partial charge in [0, 0.05) is 24.2 Å². The van der Waals surface area contributed by atoms with Crippen LogP contribution in [0, 0.1) is 5.82 Å². The lowest BCUT2D eigenvalue weighted by molar-refractivity contribution is -0.117. The summed E-state index contributed by atoms with van der Waals surface area (Å²) in [6.07, 6.45) is 0.239. The minimum absolute atomic E-state index is 0.0303. The van der Waals surface area contributed by atoms with Crippen molar-refractivity contribution in [3.8, 4) is 0 Å². The van der Waals surface area contributed by atoms with Crippen molar-refractivity contribution in [3.63, 3.8) is 0 Å². The fourth-order valence-corrected chi connectivity index (χ4v) is 3.07. The van der Waals surface area contributed by atoms with Gasteiger partial charge in [-0.15, -0.1) is 0 Å². The second-order valence-electron chi connectivity index (χ2n) is 7.68. The first-order chi connectivity index (χ1) is 12.2. The Morgan fingerprint density at radius 3 is 2.27 bits per heavy atom. The minimum atomic E-state index is -0.344. The maximum absolute atomic E-state index is 13.0. The fraction of sp³-hybridized carbons (Fsp3) is 0.333. The summed E-state index contributed by atoms with van der Waals surface area (Å²) >= 11 is 0. The van der Waals surface area contributed by atoms with Gasteiger partial charge in [0.25, 0.3) is 5.91 Å². The van der Waals surface area contributed by atoms with E-state index in [4.69, 9.17) is 0 Å². The third kappa shape index (κ3) is 3.93. The van der Waals surface area contributed by atoms with E-state index in [1.165, 1.54) is 12.1 Å². The van der Waals surface area contributed by atoms with E-state index in [1.54, 1.807) is 17.0 Å². The van der Waals surface area contributed by atoms with Gasteiger partial charge in [-0.1, -0.05) is 32.9 Å². The molecule has 1 aliphatic heterocycles. The van der Waals surface area contributed by atoms with Crippen LogP contribution in [0.2, 0.25) is 0 Å². The molecule has 3 rings (SSSR count). The summed E-state index contributed by atoms with van der Waals surface area (Å²) in [5, 5.41) is 2.92. The molecule has 0 aliphatic carbocycles. The molecule has 2 aromatic carbocycles. The van der Waals surface area contributed by atoms with E-state index in [9.17, 15) is 14.0 Å². The molecule has 0 saturated carbocycles. The number of nitrogens with zero attached hydrogens (tertiary/aromatic N) is 1. The standard InChI is InChI=1S/C21H23FN2O2/c1-21(2,3)15-6-4-14(5-7-15)20(26)23-17-12-19(25)24(13-17)18-10-8-16(22)9-11-18/h4-11,17H,12-13H2,1-3H3,(H,23,26)/t17-/m0/s1. The van der Waals surface area contributed by atoms with E-state index in [-0.39, 0.29) is 35.5 Å². The number of hydrogen-bond donors (Lipinski definition) is 1. The van der Waals surface area contributed by atoms with Crippen LogP contribution >= 0.6 is 0 Å². The Balaban J connectivity index is 1.65. The van der Waals surface area contributed by atoms with Crippen LogP contribution in [0.4, 0.5) is 10.1 Å². The Morgan fingerprint density at radius 2 is 1.69 bits per heavy atom. The van der Waals surface area contributed by atoms with Crippen LogP contribution in [-0.2, 0) is 10.2 Å². The molecule has 0 spiro atoms. The van der Waals surface area contributed by atoms with Crippen molar-refractivity contribution in [2.24, 2.45) is 0 Å². The van der Waals surface area contributed by atoms with Gasteiger partial charge in [0.05, 0.1) is 6.04 Å². The van der Waals surface area contributed by atoms with Gasteiger partial charge in [0.15, 0.2) is 0 Å². The van der Waals surface area contributed by atoms with Gasteiger partial charge in [0.1, 0.15) is 5.82 Å². The van der Waals surface area contributed by atoms with E-state index in [0.29, 0.717) is 17.8 Å². The number of amides is 2. The zero-order chi connectivity index (χ0) is 18.9. The van der Waals surface area contributed by atoms with Gasteiger partial charge in [-0.3, -0.25) is 9.59 Å². The highest BCUT2D eigenvalue weighted by molar-refractivity contribution is 5.98. The normalized spacial score (nSPS) is 17.5. The second-order valence-corrected chi connectivity index (χ2v) is 7.68. The first-order valence-corrected chi connectivity index (χ1v) is 8.71. The molecule has 1 atom stereocenters. The predicted molar refractivity (Wildman–Crippen MR) is 99.8 cm³/mol. The second kappa shape index (κ2) is 6.90. The lowest BCUT2D eigenvalue weighted by Gasteiger charge is -2.19. The fourth-order valence-electron chi connectivity index (χ4n) is 3.07. The number of nitrogens with one attached hydrogen (secondary N) is 1. The molecule has 0 radical (unpaired) electrons. The molecular formula is C21H23FN2O2. The Labute approximate surface area is 153 Å². The largest absolute Gasteiger partial charge is 0.347 e. The highest BCUT2D eigenvalue weighted by atomic mass is 19.1. The summed E-state index contributed by atoms with van der Waals surface area (Å²) in [4.78, 5) is 26.3. The minimum Gasteiger partial charge on any atom is -0.347 e. The van der Waals surface area contributed by atoms with E-state index in [2.05, 4.69) is 26.1 Å². The van der Waals surface area contributed by atoms with Gasteiger partial charge in [-0.2, -0.15) is 0 Å². The molecule has 1 saturated heterocycles. The quantitative estimate of drug-likeness (QED) is 0.914. The van der Waals surface area contributed by atoms with Crippen molar-refractivity contribution in [2.45, 2.75) is 38.6 Å². The van der Waals surface area contributed by atoms with Crippen LogP contribution < -0.4 is 10.2 Å².